The molecule has 0 bridgehead atoms. The van der Waals surface area contributed by atoms with Gasteiger partial charge >= 0.3 is 0 Å². The molecule has 0 aliphatic rings. The first-order valence-corrected chi connectivity index (χ1v) is 4.52. The molecule has 0 aromatic carbocycles. The zero-order valence-corrected chi connectivity index (χ0v) is 9.39. The maximum absolute atomic E-state index is 4.80. The van der Waals surface area contributed by atoms with Gasteiger partial charge in [0.1, 0.15) is 0 Å². The first-order valence-electron chi connectivity index (χ1n) is 4.52. The van der Waals surface area contributed by atoms with Gasteiger partial charge < -0.3 is 9.47 Å². The van der Waals surface area contributed by atoms with Crippen LogP contribution in [0, 0.1) is 11.8 Å². The molecule has 0 aliphatic heterocycles. The van der Waals surface area contributed by atoms with Crippen molar-refractivity contribution in [2.75, 3.05) is 27.4 Å². The highest BCUT2D eigenvalue weighted by Gasteiger charge is 1.86. The van der Waals surface area contributed by atoms with Crippen molar-refractivity contribution < 1.29 is 9.47 Å². The number of hydrogen-bond acceptors (Lipinski definition) is 2. The summed E-state index contributed by atoms with van der Waals surface area (Å²) in [6, 6.07) is 0. The molecule has 0 atom stereocenters. The van der Waals surface area contributed by atoms with Crippen molar-refractivity contribution in [3.05, 3.63) is 0 Å². The van der Waals surface area contributed by atoms with E-state index in [1.807, 2.05) is 0 Å². The minimum atomic E-state index is 0.676. The lowest BCUT2D eigenvalue weighted by Gasteiger charge is -1.97. The zero-order chi connectivity index (χ0) is 9.98. The van der Waals surface area contributed by atoms with Crippen LogP contribution < -0.4 is 0 Å². The third-order valence-electron chi connectivity index (χ3n) is 1.00. The van der Waals surface area contributed by atoms with Crippen LogP contribution in [-0.4, -0.2) is 27.4 Å². The third kappa shape index (κ3) is 22.5. The first kappa shape index (κ1) is 14.4. The van der Waals surface area contributed by atoms with Gasteiger partial charge in [0.2, 0.25) is 0 Å². The number of rotatable bonds is 4. The highest BCUT2D eigenvalue weighted by atomic mass is 16.5. The Kier molecular flexibility index (Phi) is 13.1. The van der Waals surface area contributed by atoms with E-state index in [0.717, 1.165) is 13.2 Å². The van der Waals surface area contributed by atoms with Crippen molar-refractivity contribution in [1.82, 2.24) is 0 Å². The summed E-state index contributed by atoms with van der Waals surface area (Å²) in [6.45, 7) is 10.3. The molecule has 0 heterocycles. The van der Waals surface area contributed by atoms with E-state index < -0.39 is 0 Å². The molecule has 2 nitrogen and oxygen atoms in total. The van der Waals surface area contributed by atoms with Crippen LogP contribution in [0.4, 0.5) is 0 Å². The molecular weight excluding hydrogens is 152 g/mol. The van der Waals surface area contributed by atoms with Gasteiger partial charge in [-0.25, -0.2) is 0 Å². The number of methoxy groups -OCH3 is 2. The first-order chi connectivity index (χ1) is 5.54. The normalized spacial score (nSPS) is 10.0. The van der Waals surface area contributed by atoms with Gasteiger partial charge in [-0.2, -0.15) is 0 Å². The molecule has 0 aromatic rings. The van der Waals surface area contributed by atoms with Gasteiger partial charge in [-0.05, 0) is 11.8 Å². The van der Waals surface area contributed by atoms with E-state index >= 15 is 0 Å². The predicted molar refractivity (Wildman–Crippen MR) is 53.4 cm³/mol. The number of hydrogen-bond donors (Lipinski definition) is 0. The lowest BCUT2D eigenvalue weighted by molar-refractivity contribution is 0.167. The Labute approximate surface area is 77.3 Å². The summed E-state index contributed by atoms with van der Waals surface area (Å²) in [7, 11) is 3.44. The topological polar surface area (TPSA) is 18.5 Å². The largest absolute Gasteiger partial charge is 0.384 e. The highest BCUT2D eigenvalue weighted by molar-refractivity contribution is 4.35. The smallest absolute Gasteiger partial charge is 0.0485 e. The summed E-state index contributed by atoms with van der Waals surface area (Å²) in [6.07, 6.45) is 0. The van der Waals surface area contributed by atoms with Gasteiger partial charge in [0.25, 0.3) is 0 Å². The fraction of sp³-hybridized carbons (Fsp3) is 1.00. The number of ether oxygens (including phenoxy) is 2. The van der Waals surface area contributed by atoms with E-state index in [2.05, 4.69) is 27.7 Å². The van der Waals surface area contributed by atoms with Crippen LogP contribution in [0.3, 0.4) is 0 Å². The van der Waals surface area contributed by atoms with Crippen molar-refractivity contribution in [3.8, 4) is 0 Å². The SMILES string of the molecule is COCC(C)C.COCC(C)C. The minimum absolute atomic E-state index is 0.676. The summed E-state index contributed by atoms with van der Waals surface area (Å²) >= 11 is 0. The van der Waals surface area contributed by atoms with Crippen molar-refractivity contribution in [3.63, 3.8) is 0 Å². The molecule has 2 heteroatoms. The molecule has 76 valence electrons. The molecule has 0 N–H and O–H groups in total. The van der Waals surface area contributed by atoms with Crippen LogP contribution in [0.15, 0.2) is 0 Å². The van der Waals surface area contributed by atoms with Gasteiger partial charge in [-0.1, -0.05) is 27.7 Å². The van der Waals surface area contributed by atoms with Gasteiger partial charge in [0.05, 0.1) is 0 Å². The van der Waals surface area contributed by atoms with Crippen molar-refractivity contribution in [2.45, 2.75) is 27.7 Å². The van der Waals surface area contributed by atoms with Crippen LogP contribution in [0.25, 0.3) is 0 Å². The summed E-state index contributed by atoms with van der Waals surface area (Å²) in [4.78, 5) is 0. The molecule has 0 saturated carbocycles. The Morgan fingerprint density at radius 2 is 1.00 bits per heavy atom. The summed E-state index contributed by atoms with van der Waals surface area (Å²) < 4.78 is 9.61. The molecule has 0 spiro atoms. The Bertz CT molecular complexity index is 60.2. The monoisotopic (exact) mass is 176 g/mol. The predicted octanol–water partition coefficient (Wildman–Crippen LogP) is 2.58. The van der Waals surface area contributed by atoms with Crippen molar-refractivity contribution in [2.24, 2.45) is 11.8 Å². The molecule has 0 saturated heterocycles. The minimum Gasteiger partial charge on any atom is -0.384 e. The molecule has 12 heavy (non-hydrogen) atoms. The Morgan fingerprint density at radius 3 is 1.00 bits per heavy atom. The second-order valence-electron chi connectivity index (χ2n) is 3.70. The average Bonchev–Trinajstić information content (AvgIpc) is 1.87. The second kappa shape index (κ2) is 10.9. The summed E-state index contributed by atoms with van der Waals surface area (Å²) in [5.41, 5.74) is 0. The third-order valence-corrected chi connectivity index (χ3v) is 1.00. The second-order valence-corrected chi connectivity index (χ2v) is 3.70. The fourth-order valence-corrected chi connectivity index (χ4v) is 0.667. The van der Waals surface area contributed by atoms with E-state index in [1.165, 1.54) is 0 Å². The van der Waals surface area contributed by atoms with Gasteiger partial charge in [-0.3, -0.25) is 0 Å². The molecule has 0 amide bonds. The van der Waals surface area contributed by atoms with E-state index in [1.54, 1.807) is 14.2 Å². The van der Waals surface area contributed by atoms with Crippen LogP contribution in [0.1, 0.15) is 27.7 Å². The van der Waals surface area contributed by atoms with Crippen molar-refractivity contribution >= 4 is 0 Å². The van der Waals surface area contributed by atoms with E-state index in [4.69, 9.17) is 9.47 Å². The molecule has 0 unspecified atom stereocenters. The molecule has 0 aromatic heterocycles. The molecule has 0 fully saturated rings. The quantitative estimate of drug-likeness (QED) is 0.655. The maximum atomic E-state index is 4.80. The lowest BCUT2D eigenvalue weighted by atomic mass is 10.2. The molecular formula is C10H24O2. The van der Waals surface area contributed by atoms with Crippen LogP contribution in [0.5, 0.6) is 0 Å². The van der Waals surface area contributed by atoms with E-state index in [-0.39, 0.29) is 0 Å². The van der Waals surface area contributed by atoms with E-state index in [9.17, 15) is 0 Å². The Balaban J connectivity index is 0. The standard InChI is InChI=1S/2C5H12O/c2*1-5(2)4-6-3/h2*5H,4H2,1-3H3. The Morgan fingerprint density at radius 1 is 0.750 bits per heavy atom. The Hall–Kier alpha value is -0.0800. The summed E-state index contributed by atoms with van der Waals surface area (Å²) in [5.74, 6) is 1.35. The molecule has 0 aliphatic carbocycles. The van der Waals surface area contributed by atoms with Gasteiger partial charge in [0.15, 0.2) is 0 Å². The van der Waals surface area contributed by atoms with Crippen molar-refractivity contribution in [1.29, 1.82) is 0 Å². The lowest BCUT2D eigenvalue weighted by Crippen LogP contribution is -1.96. The van der Waals surface area contributed by atoms with Gasteiger partial charge in [0, 0.05) is 27.4 Å². The van der Waals surface area contributed by atoms with Crippen LogP contribution in [0.2, 0.25) is 0 Å². The molecule has 0 radical (unpaired) electrons. The molecule has 0 rings (SSSR count). The van der Waals surface area contributed by atoms with Crippen LogP contribution in [-0.2, 0) is 9.47 Å². The zero-order valence-electron chi connectivity index (χ0n) is 9.39. The fourth-order valence-electron chi connectivity index (χ4n) is 0.667. The average molecular weight is 176 g/mol. The van der Waals surface area contributed by atoms with Crippen LogP contribution >= 0.6 is 0 Å². The van der Waals surface area contributed by atoms with Gasteiger partial charge in [-0.15, -0.1) is 0 Å². The highest BCUT2D eigenvalue weighted by Crippen LogP contribution is 1.88. The maximum Gasteiger partial charge on any atom is 0.0485 e. The van der Waals surface area contributed by atoms with E-state index in [0.29, 0.717) is 11.8 Å². The summed E-state index contributed by atoms with van der Waals surface area (Å²) in [5, 5.41) is 0.